The van der Waals surface area contributed by atoms with Crippen molar-refractivity contribution in [3.05, 3.63) is 48.2 Å². The largest absolute Gasteiger partial charge is 0.397 e. The van der Waals surface area contributed by atoms with Crippen molar-refractivity contribution < 1.29 is 4.79 Å². The van der Waals surface area contributed by atoms with E-state index in [0.29, 0.717) is 16.9 Å². The molecule has 0 radical (unpaired) electrons. The normalized spacial score (nSPS) is 14.2. The molecule has 1 aliphatic heterocycles. The first-order valence-electron chi connectivity index (χ1n) is 7.69. The van der Waals surface area contributed by atoms with Crippen LogP contribution in [-0.4, -0.2) is 49.0 Å². The molecule has 1 aromatic heterocycles. The van der Waals surface area contributed by atoms with Gasteiger partial charge in [0.15, 0.2) is 0 Å². The van der Waals surface area contributed by atoms with Gasteiger partial charge in [0.2, 0.25) is 0 Å². The van der Waals surface area contributed by atoms with Gasteiger partial charge < -0.3 is 20.9 Å². The van der Waals surface area contributed by atoms with E-state index in [0.717, 1.165) is 32.0 Å². The molecule has 1 amide bonds. The van der Waals surface area contributed by atoms with Gasteiger partial charge in [-0.3, -0.25) is 4.79 Å². The summed E-state index contributed by atoms with van der Waals surface area (Å²) in [4.78, 5) is 21.3. The van der Waals surface area contributed by atoms with Crippen LogP contribution in [0.25, 0.3) is 0 Å². The fraction of sp³-hybridized carbons (Fsp3) is 0.294. The number of rotatable bonds is 3. The number of nitrogens with one attached hydrogen (secondary N) is 1. The van der Waals surface area contributed by atoms with Gasteiger partial charge in [0.25, 0.3) is 5.91 Å². The Kier molecular flexibility index (Phi) is 7.96. The van der Waals surface area contributed by atoms with E-state index in [1.807, 2.05) is 18.2 Å². The van der Waals surface area contributed by atoms with Gasteiger partial charge >= 0.3 is 0 Å². The molecule has 1 fully saturated rings. The smallest absolute Gasteiger partial charge is 0.255 e. The number of piperazine rings is 1. The zero-order valence-electron chi connectivity index (χ0n) is 14.0. The maximum atomic E-state index is 12.4. The molecule has 0 aliphatic carbocycles. The number of pyridine rings is 1. The molecule has 25 heavy (non-hydrogen) atoms. The minimum Gasteiger partial charge on any atom is -0.397 e. The van der Waals surface area contributed by atoms with Crippen LogP contribution < -0.4 is 16.0 Å². The highest BCUT2D eigenvalue weighted by molar-refractivity contribution is 6.06. The zero-order valence-corrected chi connectivity index (χ0v) is 15.6. The van der Waals surface area contributed by atoms with E-state index in [-0.39, 0.29) is 30.7 Å². The Hall–Kier alpha value is -2.02. The molecular weight excluding hydrogens is 361 g/mol. The number of carbonyl (C=O) groups excluding carboxylic acids is 1. The summed E-state index contributed by atoms with van der Waals surface area (Å²) in [5.41, 5.74) is 7.62. The summed E-state index contributed by atoms with van der Waals surface area (Å²) in [6, 6.07) is 10.8. The van der Waals surface area contributed by atoms with Gasteiger partial charge in [-0.15, -0.1) is 24.8 Å². The summed E-state index contributed by atoms with van der Waals surface area (Å²) in [7, 11) is 2.11. The van der Waals surface area contributed by atoms with E-state index >= 15 is 0 Å². The number of likely N-dealkylation sites (N-methyl/N-ethyl adjacent to an activating group) is 1. The van der Waals surface area contributed by atoms with E-state index < -0.39 is 0 Å². The number of para-hydroxylation sites is 2. The number of aromatic nitrogens is 1. The van der Waals surface area contributed by atoms with Crippen molar-refractivity contribution in [2.45, 2.75) is 0 Å². The Balaban J connectivity index is 0.00000156. The molecule has 8 heteroatoms. The van der Waals surface area contributed by atoms with Crippen LogP contribution in [0.15, 0.2) is 42.6 Å². The van der Waals surface area contributed by atoms with Gasteiger partial charge in [-0.1, -0.05) is 12.1 Å². The number of halogens is 2. The zero-order chi connectivity index (χ0) is 16.2. The minimum absolute atomic E-state index is 0. The average Bonchev–Trinajstić information content (AvgIpc) is 2.58. The number of amides is 1. The van der Waals surface area contributed by atoms with E-state index in [4.69, 9.17) is 5.73 Å². The first-order chi connectivity index (χ1) is 11.1. The van der Waals surface area contributed by atoms with E-state index in [9.17, 15) is 4.79 Å². The maximum Gasteiger partial charge on any atom is 0.255 e. The Morgan fingerprint density at radius 3 is 2.48 bits per heavy atom. The quantitative estimate of drug-likeness (QED) is 0.796. The van der Waals surface area contributed by atoms with Crippen molar-refractivity contribution >= 4 is 47.9 Å². The summed E-state index contributed by atoms with van der Waals surface area (Å²) in [5, 5.41) is 2.85. The van der Waals surface area contributed by atoms with E-state index in [1.165, 1.54) is 0 Å². The Morgan fingerprint density at radius 2 is 1.80 bits per heavy atom. The molecule has 6 nitrogen and oxygen atoms in total. The monoisotopic (exact) mass is 383 g/mol. The topological polar surface area (TPSA) is 74.5 Å². The highest BCUT2D eigenvalue weighted by Crippen LogP contribution is 2.19. The van der Waals surface area contributed by atoms with E-state index in [2.05, 4.69) is 27.1 Å². The number of nitrogens with zero attached hydrogens (tertiary/aromatic N) is 3. The average molecular weight is 384 g/mol. The Morgan fingerprint density at radius 1 is 1.12 bits per heavy atom. The summed E-state index contributed by atoms with van der Waals surface area (Å²) in [6.45, 7) is 3.83. The van der Waals surface area contributed by atoms with Gasteiger partial charge in [-0.2, -0.15) is 0 Å². The van der Waals surface area contributed by atoms with Crippen LogP contribution in [0.2, 0.25) is 0 Å². The molecule has 2 aromatic rings. The molecule has 0 saturated carbocycles. The number of nitrogens with two attached hydrogens (primary N) is 1. The molecule has 0 bridgehead atoms. The van der Waals surface area contributed by atoms with E-state index in [1.54, 1.807) is 24.4 Å². The van der Waals surface area contributed by atoms with Crippen LogP contribution in [0.5, 0.6) is 0 Å². The molecule has 3 N–H and O–H groups in total. The lowest BCUT2D eigenvalue weighted by molar-refractivity contribution is 0.102. The predicted molar refractivity (Wildman–Crippen MR) is 107 cm³/mol. The molecule has 3 rings (SSSR count). The summed E-state index contributed by atoms with van der Waals surface area (Å²) in [5.74, 6) is 0.660. The van der Waals surface area contributed by atoms with Gasteiger partial charge in [0.1, 0.15) is 5.82 Å². The van der Waals surface area contributed by atoms with Crippen molar-refractivity contribution in [2.75, 3.05) is 49.2 Å². The summed E-state index contributed by atoms with van der Waals surface area (Å²) >= 11 is 0. The molecule has 1 saturated heterocycles. The third kappa shape index (κ3) is 5.22. The fourth-order valence-electron chi connectivity index (χ4n) is 2.57. The molecular formula is C17H23Cl2N5O. The number of benzene rings is 1. The van der Waals surface area contributed by atoms with Crippen molar-refractivity contribution in [3.63, 3.8) is 0 Å². The molecule has 1 aromatic carbocycles. The lowest BCUT2D eigenvalue weighted by Gasteiger charge is -2.33. The number of hydrogen-bond acceptors (Lipinski definition) is 5. The van der Waals surface area contributed by atoms with Crippen LogP contribution in [0.3, 0.4) is 0 Å². The number of anilines is 3. The van der Waals surface area contributed by atoms with Gasteiger partial charge in [-0.05, 0) is 31.3 Å². The van der Waals surface area contributed by atoms with Crippen molar-refractivity contribution in [1.29, 1.82) is 0 Å². The number of hydrogen-bond donors (Lipinski definition) is 2. The van der Waals surface area contributed by atoms with Crippen molar-refractivity contribution in [2.24, 2.45) is 0 Å². The highest BCUT2D eigenvalue weighted by Gasteiger charge is 2.17. The third-order valence-corrected chi connectivity index (χ3v) is 4.04. The number of nitrogen functional groups attached to an aromatic ring is 1. The molecule has 1 aliphatic rings. The Labute approximate surface area is 160 Å². The lowest BCUT2D eigenvalue weighted by Crippen LogP contribution is -2.44. The van der Waals surface area contributed by atoms with Crippen molar-refractivity contribution in [3.8, 4) is 0 Å². The second-order valence-electron chi connectivity index (χ2n) is 5.73. The molecule has 0 unspecified atom stereocenters. The van der Waals surface area contributed by atoms with Gasteiger partial charge in [-0.25, -0.2) is 4.98 Å². The van der Waals surface area contributed by atoms with Crippen LogP contribution in [-0.2, 0) is 0 Å². The maximum absolute atomic E-state index is 12.4. The van der Waals surface area contributed by atoms with Crippen LogP contribution in [0.4, 0.5) is 17.2 Å². The number of carbonyl (C=O) groups is 1. The van der Waals surface area contributed by atoms with Gasteiger partial charge in [0, 0.05) is 37.9 Å². The highest BCUT2D eigenvalue weighted by atomic mass is 35.5. The molecule has 0 spiro atoms. The predicted octanol–water partition coefficient (Wildman–Crippen LogP) is 2.51. The van der Waals surface area contributed by atoms with Crippen LogP contribution >= 0.6 is 24.8 Å². The second-order valence-corrected chi connectivity index (χ2v) is 5.73. The first kappa shape index (κ1) is 21.0. The molecule has 136 valence electrons. The molecule has 2 heterocycles. The third-order valence-electron chi connectivity index (χ3n) is 4.04. The van der Waals surface area contributed by atoms with Crippen molar-refractivity contribution in [1.82, 2.24) is 9.88 Å². The Bertz CT molecular complexity index is 705. The summed E-state index contributed by atoms with van der Waals surface area (Å²) < 4.78 is 0. The SMILES string of the molecule is CN1CCN(c2cc(C(=O)Nc3ccccc3N)ccn2)CC1.Cl.Cl. The minimum atomic E-state index is -0.180. The van der Waals surface area contributed by atoms with Crippen LogP contribution in [0.1, 0.15) is 10.4 Å². The lowest BCUT2D eigenvalue weighted by atomic mass is 10.2. The summed E-state index contributed by atoms with van der Waals surface area (Å²) in [6.07, 6.45) is 1.68. The fourth-order valence-corrected chi connectivity index (χ4v) is 2.57. The molecule has 0 atom stereocenters. The second kappa shape index (κ2) is 9.46. The van der Waals surface area contributed by atoms with Crippen LogP contribution in [0, 0.1) is 0 Å². The first-order valence-corrected chi connectivity index (χ1v) is 7.69. The standard InChI is InChI=1S/C17H21N5O.2ClH/c1-21-8-10-22(11-9-21)16-12-13(6-7-19-16)17(23)20-15-5-3-2-4-14(15)18;;/h2-7,12H,8-11,18H2,1H3,(H,20,23);2*1H. The van der Waals surface area contributed by atoms with Gasteiger partial charge in [0.05, 0.1) is 11.4 Å².